The highest BCUT2D eigenvalue weighted by Crippen LogP contribution is 2.19. The molecule has 9 heteroatoms. The van der Waals surface area contributed by atoms with Crippen LogP contribution >= 0.6 is 0 Å². The summed E-state index contributed by atoms with van der Waals surface area (Å²) < 4.78 is 33.9. The van der Waals surface area contributed by atoms with Crippen molar-refractivity contribution in [2.45, 2.75) is 18.4 Å². The minimum Gasteiger partial charge on any atom is -0.497 e. The Morgan fingerprint density at radius 1 is 1.11 bits per heavy atom. The molecule has 3 rings (SSSR count). The highest BCUT2D eigenvalue weighted by atomic mass is 32.2. The van der Waals surface area contributed by atoms with Crippen LogP contribution in [0.25, 0.3) is 0 Å². The summed E-state index contributed by atoms with van der Waals surface area (Å²) in [5, 5.41) is 0.0532. The average molecular weight is 392 g/mol. The number of ether oxygens (including phenoxy) is 1. The molecule has 146 valence electrons. The van der Waals surface area contributed by atoms with E-state index in [0.717, 1.165) is 0 Å². The van der Waals surface area contributed by atoms with Crippen LogP contribution in [0, 0.1) is 6.92 Å². The average Bonchev–Trinajstić information content (AvgIpc) is 2.88. The van der Waals surface area contributed by atoms with E-state index in [1.165, 1.54) is 10.5 Å². The number of hydrogen-bond acceptors (Lipinski definition) is 5. The Balaban J connectivity index is 1.72. The first kappa shape index (κ1) is 19.4. The van der Waals surface area contributed by atoms with Gasteiger partial charge in [0.05, 0.1) is 7.11 Å². The van der Waals surface area contributed by atoms with Crippen LogP contribution in [0.15, 0.2) is 35.5 Å². The molecule has 0 saturated carbocycles. The zero-order valence-corrected chi connectivity index (χ0v) is 16.6. The number of imidazole rings is 1. The summed E-state index contributed by atoms with van der Waals surface area (Å²) in [4.78, 5) is 18.6. The monoisotopic (exact) mass is 392 g/mol. The molecule has 0 N–H and O–H groups in total. The first-order valence-electron chi connectivity index (χ1n) is 8.76. The van der Waals surface area contributed by atoms with Gasteiger partial charge in [0.25, 0.3) is 15.9 Å². The number of hydrogen-bond donors (Lipinski definition) is 0. The molecule has 0 aliphatic carbocycles. The van der Waals surface area contributed by atoms with Crippen molar-refractivity contribution in [3.63, 3.8) is 0 Å². The first-order valence-corrected chi connectivity index (χ1v) is 10.2. The molecule has 8 nitrogen and oxygen atoms in total. The van der Waals surface area contributed by atoms with Crippen molar-refractivity contribution in [2.24, 2.45) is 7.05 Å². The second-order valence-electron chi connectivity index (χ2n) is 6.52. The Labute approximate surface area is 159 Å². The zero-order valence-electron chi connectivity index (χ0n) is 15.8. The van der Waals surface area contributed by atoms with Gasteiger partial charge in [0.1, 0.15) is 11.6 Å². The van der Waals surface area contributed by atoms with Crippen molar-refractivity contribution in [3.8, 4) is 5.75 Å². The number of carbonyl (C=O) groups is 1. The Morgan fingerprint density at radius 2 is 1.81 bits per heavy atom. The van der Waals surface area contributed by atoms with E-state index in [9.17, 15) is 13.2 Å². The van der Waals surface area contributed by atoms with Crippen LogP contribution in [0.4, 0.5) is 0 Å². The molecule has 0 radical (unpaired) electrons. The molecular weight excluding hydrogens is 368 g/mol. The highest BCUT2D eigenvalue weighted by Gasteiger charge is 2.30. The van der Waals surface area contributed by atoms with Crippen molar-refractivity contribution in [1.82, 2.24) is 18.8 Å². The molecule has 1 aliphatic heterocycles. The second-order valence-corrected chi connectivity index (χ2v) is 8.40. The minimum atomic E-state index is -3.66. The van der Waals surface area contributed by atoms with Crippen LogP contribution in [0.5, 0.6) is 5.75 Å². The van der Waals surface area contributed by atoms with Gasteiger partial charge in [-0.3, -0.25) is 4.79 Å². The van der Waals surface area contributed by atoms with Crippen LogP contribution in [-0.4, -0.2) is 66.4 Å². The van der Waals surface area contributed by atoms with E-state index in [1.807, 2.05) is 0 Å². The smallest absolute Gasteiger partial charge is 0.262 e. The third-order valence-corrected chi connectivity index (χ3v) is 6.54. The number of benzene rings is 1. The molecule has 1 amide bonds. The molecule has 2 heterocycles. The Bertz CT molecular complexity index is 902. The lowest BCUT2D eigenvalue weighted by molar-refractivity contribution is 0.0764. The fraction of sp³-hybridized carbons (Fsp3) is 0.444. The lowest BCUT2D eigenvalue weighted by Gasteiger charge is -2.21. The summed E-state index contributed by atoms with van der Waals surface area (Å²) in [6.45, 7) is 3.23. The number of aromatic nitrogens is 2. The molecular formula is C18H24N4O4S. The van der Waals surface area contributed by atoms with E-state index in [0.29, 0.717) is 43.2 Å². The van der Waals surface area contributed by atoms with Crippen LogP contribution in [0.3, 0.4) is 0 Å². The third-order valence-electron chi connectivity index (χ3n) is 4.77. The van der Waals surface area contributed by atoms with Crippen molar-refractivity contribution in [3.05, 3.63) is 41.9 Å². The topological polar surface area (TPSA) is 84.7 Å². The van der Waals surface area contributed by atoms with Crippen LogP contribution in [-0.2, 0) is 17.1 Å². The van der Waals surface area contributed by atoms with Crippen molar-refractivity contribution < 1.29 is 17.9 Å². The lowest BCUT2D eigenvalue weighted by atomic mass is 10.2. The predicted molar refractivity (Wildman–Crippen MR) is 100 cm³/mol. The van der Waals surface area contributed by atoms with Crippen molar-refractivity contribution in [1.29, 1.82) is 0 Å². The van der Waals surface area contributed by atoms with E-state index >= 15 is 0 Å². The Morgan fingerprint density at radius 3 is 2.41 bits per heavy atom. The minimum absolute atomic E-state index is 0.0532. The molecule has 0 unspecified atom stereocenters. The second kappa shape index (κ2) is 7.69. The molecule has 1 fully saturated rings. The highest BCUT2D eigenvalue weighted by molar-refractivity contribution is 7.89. The van der Waals surface area contributed by atoms with Gasteiger partial charge in [-0.1, -0.05) is 0 Å². The largest absolute Gasteiger partial charge is 0.497 e. The van der Waals surface area contributed by atoms with Gasteiger partial charge in [0.15, 0.2) is 5.03 Å². The van der Waals surface area contributed by atoms with Gasteiger partial charge >= 0.3 is 0 Å². The third kappa shape index (κ3) is 3.98. The van der Waals surface area contributed by atoms with Gasteiger partial charge in [-0.2, -0.15) is 4.31 Å². The van der Waals surface area contributed by atoms with Crippen molar-refractivity contribution >= 4 is 15.9 Å². The molecule has 0 spiro atoms. The number of rotatable bonds is 4. The number of nitrogens with zero attached hydrogens (tertiary/aromatic N) is 4. The molecule has 0 bridgehead atoms. The summed E-state index contributed by atoms with van der Waals surface area (Å²) in [5.74, 6) is 1.22. The molecule has 27 heavy (non-hydrogen) atoms. The van der Waals surface area contributed by atoms with Gasteiger partial charge in [0, 0.05) is 45.0 Å². The van der Waals surface area contributed by atoms with Gasteiger partial charge in [-0.25, -0.2) is 13.4 Å². The maximum Gasteiger partial charge on any atom is 0.262 e. The number of aryl methyl sites for hydroxylation is 2. The van der Waals surface area contributed by atoms with E-state index in [-0.39, 0.29) is 17.5 Å². The van der Waals surface area contributed by atoms with E-state index in [2.05, 4.69) is 4.98 Å². The molecule has 1 aromatic heterocycles. The van der Waals surface area contributed by atoms with Crippen LogP contribution in [0.2, 0.25) is 0 Å². The molecule has 1 saturated heterocycles. The van der Waals surface area contributed by atoms with Crippen LogP contribution < -0.4 is 4.74 Å². The zero-order chi connectivity index (χ0) is 19.6. The van der Waals surface area contributed by atoms with Gasteiger partial charge in [-0.15, -0.1) is 0 Å². The number of carbonyl (C=O) groups excluding carboxylic acids is 1. The number of amides is 1. The SMILES string of the molecule is COc1ccc(C(=O)N2CCCN(S(=O)(=O)c3cn(C)c(C)n3)CC2)cc1. The Kier molecular flexibility index (Phi) is 5.52. The van der Waals surface area contributed by atoms with Gasteiger partial charge < -0.3 is 14.2 Å². The lowest BCUT2D eigenvalue weighted by Crippen LogP contribution is -2.37. The van der Waals surface area contributed by atoms with E-state index < -0.39 is 10.0 Å². The summed E-state index contributed by atoms with van der Waals surface area (Å²) in [6.07, 6.45) is 2.10. The maximum absolute atomic E-state index is 12.9. The van der Waals surface area contributed by atoms with Gasteiger partial charge in [0.2, 0.25) is 0 Å². The number of methoxy groups -OCH3 is 1. The summed E-state index contributed by atoms with van der Waals surface area (Å²) >= 11 is 0. The van der Waals surface area contributed by atoms with Crippen molar-refractivity contribution in [2.75, 3.05) is 33.3 Å². The summed E-state index contributed by atoms with van der Waals surface area (Å²) in [6, 6.07) is 6.92. The normalized spacial score (nSPS) is 16.2. The molecule has 1 aromatic carbocycles. The van der Waals surface area contributed by atoms with E-state index in [1.54, 1.807) is 54.8 Å². The quantitative estimate of drug-likeness (QED) is 0.782. The fourth-order valence-corrected chi connectivity index (χ4v) is 4.53. The van der Waals surface area contributed by atoms with E-state index in [4.69, 9.17) is 4.74 Å². The summed E-state index contributed by atoms with van der Waals surface area (Å²) in [5.41, 5.74) is 0.562. The predicted octanol–water partition coefficient (Wildman–Crippen LogP) is 1.27. The number of sulfonamides is 1. The maximum atomic E-state index is 12.9. The molecule has 0 atom stereocenters. The molecule has 1 aliphatic rings. The summed E-state index contributed by atoms with van der Waals surface area (Å²) in [7, 11) is -0.327. The Hall–Kier alpha value is -2.39. The molecule has 2 aromatic rings. The fourth-order valence-electron chi connectivity index (χ4n) is 3.04. The van der Waals surface area contributed by atoms with Gasteiger partial charge in [-0.05, 0) is 37.6 Å². The standard InChI is InChI=1S/C18H24N4O4S/c1-14-19-17(13-20(14)2)27(24,25)22-10-4-9-21(11-12-22)18(23)15-5-7-16(26-3)8-6-15/h5-8,13H,4,9-12H2,1-3H3. The first-order chi connectivity index (χ1) is 12.8. The van der Waals surface area contributed by atoms with Crippen LogP contribution in [0.1, 0.15) is 22.6 Å².